The summed E-state index contributed by atoms with van der Waals surface area (Å²) in [5.41, 5.74) is 7.34. The predicted octanol–water partition coefficient (Wildman–Crippen LogP) is 2.73. The fourth-order valence-electron chi connectivity index (χ4n) is 1.78. The minimum atomic E-state index is 0.0539. The Labute approximate surface area is 103 Å². The molecule has 0 saturated heterocycles. The Kier molecular flexibility index (Phi) is 5.29. The molecular formula is C14H22N2O. The first-order valence-corrected chi connectivity index (χ1v) is 6.23. The molecule has 0 spiro atoms. The predicted molar refractivity (Wildman–Crippen MR) is 70.0 cm³/mol. The first-order chi connectivity index (χ1) is 8.00. The Morgan fingerprint density at radius 1 is 1.35 bits per heavy atom. The van der Waals surface area contributed by atoms with Crippen LogP contribution in [0.15, 0.2) is 18.3 Å². The number of hydrogen-bond acceptors (Lipinski definition) is 3. The van der Waals surface area contributed by atoms with Crippen molar-refractivity contribution in [3.05, 3.63) is 29.6 Å². The van der Waals surface area contributed by atoms with Crippen LogP contribution in [-0.2, 0) is 0 Å². The van der Waals surface area contributed by atoms with Crippen LogP contribution in [0.3, 0.4) is 0 Å². The highest BCUT2D eigenvalue weighted by Crippen LogP contribution is 2.15. The number of carbonyl (C=O) groups excluding carboxylic acids is 1. The van der Waals surface area contributed by atoms with Gasteiger partial charge >= 0.3 is 0 Å². The first-order valence-electron chi connectivity index (χ1n) is 6.23. The van der Waals surface area contributed by atoms with Crippen molar-refractivity contribution < 1.29 is 4.79 Å². The fourth-order valence-corrected chi connectivity index (χ4v) is 1.78. The fraction of sp³-hybridized carbons (Fsp3) is 0.571. The third-order valence-electron chi connectivity index (χ3n) is 2.94. The monoisotopic (exact) mass is 234 g/mol. The van der Waals surface area contributed by atoms with E-state index in [1.165, 1.54) is 0 Å². The molecule has 1 aromatic rings. The van der Waals surface area contributed by atoms with Crippen molar-refractivity contribution in [1.29, 1.82) is 0 Å². The number of ketones is 1. The molecule has 0 radical (unpaired) electrons. The molecule has 1 aromatic heterocycles. The quantitative estimate of drug-likeness (QED) is 0.770. The number of aromatic nitrogens is 1. The van der Waals surface area contributed by atoms with Crippen molar-refractivity contribution in [2.45, 2.75) is 46.1 Å². The Hall–Kier alpha value is -1.22. The molecule has 17 heavy (non-hydrogen) atoms. The van der Waals surface area contributed by atoms with E-state index in [4.69, 9.17) is 5.73 Å². The van der Waals surface area contributed by atoms with Gasteiger partial charge in [0.2, 0.25) is 0 Å². The van der Waals surface area contributed by atoms with E-state index >= 15 is 0 Å². The molecule has 0 bridgehead atoms. The molecule has 0 aromatic carbocycles. The maximum Gasteiger partial charge on any atom is 0.167 e. The van der Waals surface area contributed by atoms with E-state index < -0.39 is 0 Å². The Morgan fingerprint density at radius 3 is 2.59 bits per heavy atom. The van der Waals surface area contributed by atoms with Crippen LogP contribution < -0.4 is 5.73 Å². The average Bonchev–Trinajstić information content (AvgIpc) is 2.28. The molecule has 3 heteroatoms. The van der Waals surface area contributed by atoms with E-state index in [2.05, 4.69) is 4.98 Å². The Morgan fingerprint density at radius 2 is 2.06 bits per heavy atom. The zero-order valence-electron chi connectivity index (χ0n) is 10.9. The van der Waals surface area contributed by atoms with Crippen LogP contribution in [0.1, 0.15) is 49.2 Å². The van der Waals surface area contributed by atoms with Crippen molar-refractivity contribution in [3.8, 4) is 0 Å². The molecule has 0 aliphatic heterocycles. The van der Waals surface area contributed by atoms with Crippen LogP contribution in [0, 0.1) is 12.8 Å². The number of hydrogen-bond donors (Lipinski definition) is 1. The highest BCUT2D eigenvalue weighted by atomic mass is 16.1. The van der Waals surface area contributed by atoms with Crippen molar-refractivity contribution in [1.82, 2.24) is 4.98 Å². The molecule has 2 atom stereocenters. The van der Waals surface area contributed by atoms with Gasteiger partial charge in [-0.3, -0.25) is 9.78 Å². The molecule has 3 nitrogen and oxygen atoms in total. The highest BCUT2D eigenvalue weighted by molar-refractivity contribution is 5.97. The first kappa shape index (κ1) is 13.8. The van der Waals surface area contributed by atoms with Crippen molar-refractivity contribution in [3.63, 3.8) is 0 Å². The van der Waals surface area contributed by atoms with Gasteiger partial charge in [0.25, 0.3) is 0 Å². The number of aryl methyl sites for hydroxylation is 1. The standard InChI is InChI=1S/C14H22N2O/c1-10(5-4-6-11(2)15)14(17)13-8-7-12(3)16-9-13/h7-11H,4-6,15H2,1-3H3. The summed E-state index contributed by atoms with van der Waals surface area (Å²) in [6.45, 7) is 5.89. The molecule has 2 unspecified atom stereocenters. The van der Waals surface area contributed by atoms with Gasteiger partial charge < -0.3 is 5.73 Å². The number of carbonyl (C=O) groups is 1. The average molecular weight is 234 g/mol. The third-order valence-corrected chi connectivity index (χ3v) is 2.94. The van der Waals surface area contributed by atoms with Crippen molar-refractivity contribution in [2.24, 2.45) is 11.7 Å². The molecule has 0 fully saturated rings. The summed E-state index contributed by atoms with van der Waals surface area (Å²) in [6.07, 6.45) is 4.54. The summed E-state index contributed by atoms with van der Waals surface area (Å²) < 4.78 is 0. The molecule has 0 amide bonds. The lowest BCUT2D eigenvalue weighted by Crippen LogP contribution is -2.16. The lowest BCUT2D eigenvalue weighted by Gasteiger charge is -2.11. The van der Waals surface area contributed by atoms with E-state index in [1.54, 1.807) is 6.20 Å². The Balaban J connectivity index is 2.49. The summed E-state index contributed by atoms with van der Waals surface area (Å²) in [4.78, 5) is 16.2. The van der Waals surface area contributed by atoms with Gasteiger partial charge in [-0.2, -0.15) is 0 Å². The van der Waals surface area contributed by atoms with E-state index in [-0.39, 0.29) is 17.7 Å². The summed E-state index contributed by atoms with van der Waals surface area (Å²) >= 11 is 0. The Bertz CT molecular complexity index is 357. The van der Waals surface area contributed by atoms with Gasteiger partial charge in [-0.15, -0.1) is 0 Å². The van der Waals surface area contributed by atoms with Crippen LogP contribution in [0.4, 0.5) is 0 Å². The number of nitrogens with zero attached hydrogens (tertiary/aromatic N) is 1. The lowest BCUT2D eigenvalue weighted by atomic mass is 9.94. The largest absolute Gasteiger partial charge is 0.328 e. The molecule has 2 N–H and O–H groups in total. The van der Waals surface area contributed by atoms with Gasteiger partial charge in [-0.1, -0.05) is 13.3 Å². The molecule has 94 valence electrons. The maximum absolute atomic E-state index is 12.1. The normalized spacial score (nSPS) is 14.4. The van der Waals surface area contributed by atoms with E-state index in [1.807, 2.05) is 32.9 Å². The van der Waals surface area contributed by atoms with E-state index in [0.717, 1.165) is 25.0 Å². The number of rotatable bonds is 6. The van der Waals surface area contributed by atoms with Crippen molar-refractivity contribution >= 4 is 5.78 Å². The van der Waals surface area contributed by atoms with Crippen LogP contribution >= 0.6 is 0 Å². The van der Waals surface area contributed by atoms with Gasteiger partial charge in [-0.05, 0) is 38.8 Å². The van der Waals surface area contributed by atoms with E-state index in [0.29, 0.717) is 5.56 Å². The second-order valence-electron chi connectivity index (χ2n) is 4.86. The SMILES string of the molecule is Cc1ccc(C(=O)C(C)CCCC(C)N)cn1. The van der Waals surface area contributed by atoms with Gasteiger partial charge in [-0.25, -0.2) is 0 Å². The highest BCUT2D eigenvalue weighted by Gasteiger charge is 2.15. The van der Waals surface area contributed by atoms with Crippen LogP contribution in [0.25, 0.3) is 0 Å². The smallest absolute Gasteiger partial charge is 0.167 e. The van der Waals surface area contributed by atoms with Gasteiger partial charge in [0.15, 0.2) is 5.78 Å². The zero-order chi connectivity index (χ0) is 12.8. The van der Waals surface area contributed by atoms with Gasteiger partial charge in [0.05, 0.1) is 0 Å². The molecular weight excluding hydrogens is 212 g/mol. The summed E-state index contributed by atoms with van der Waals surface area (Å²) in [5, 5.41) is 0. The molecule has 1 heterocycles. The molecule has 0 aliphatic rings. The minimum Gasteiger partial charge on any atom is -0.328 e. The number of Topliss-reactive ketones (excluding diaryl/α,β-unsaturated/α-hetero) is 1. The number of nitrogens with two attached hydrogens (primary N) is 1. The van der Waals surface area contributed by atoms with Crippen LogP contribution in [0.2, 0.25) is 0 Å². The summed E-state index contributed by atoms with van der Waals surface area (Å²) in [5.74, 6) is 0.237. The molecule has 1 rings (SSSR count). The zero-order valence-corrected chi connectivity index (χ0v) is 10.9. The van der Waals surface area contributed by atoms with Crippen molar-refractivity contribution in [2.75, 3.05) is 0 Å². The number of pyridine rings is 1. The molecule has 0 saturated carbocycles. The summed E-state index contributed by atoms with van der Waals surface area (Å²) in [6, 6.07) is 3.95. The van der Waals surface area contributed by atoms with E-state index in [9.17, 15) is 4.79 Å². The minimum absolute atomic E-state index is 0.0539. The van der Waals surface area contributed by atoms with Crippen LogP contribution in [0.5, 0.6) is 0 Å². The van der Waals surface area contributed by atoms with Gasteiger partial charge in [0, 0.05) is 29.4 Å². The maximum atomic E-state index is 12.1. The topological polar surface area (TPSA) is 56.0 Å². The third kappa shape index (κ3) is 4.65. The lowest BCUT2D eigenvalue weighted by molar-refractivity contribution is 0.0921. The summed E-state index contributed by atoms with van der Waals surface area (Å²) in [7, 11) is 0. The van der Waals surface area contributed by atoms with Gasteiger partial charge in [0.1, 0.15) is 0 Å². The second kappa shape index (κ2) is 6.50. The second-order valence-corrected chi connectivity index (χ2v) is 4.86. The van der Waals surface area contributed by atoms with Crippen LogP contribution in [-0.4, -0.2) is 16.8 Å². The molecule has 0 aliphatic carbocycles.